The lowest BCUT2D eigenvalue weighted by atomic mass is 10.0. The Kier molecular flexibility index (Phi) is 4.21. The number of hydrogen-bond acceptors (Lipinski definition) is 5. The Balaban J connectivity index is 2.69. The molecule has 0 fully saturated rings. The number of aliphatic hydroxyl groups excluding tert-OH is 2. The Morgan fingerprint density at radius 3 is 2.69 bits per heavy atom. The van der Waals surface area contributed by atoms with Crippen LogP contribution in [-0.2, 0) is 9.53 Å². The fraction of sp³-hybridized carbons (Fsp3) is 0.400. The highest BCUT2D eigenvalue weighted by atomic mass is 16.5. The van der Waals surface area contributed by atoms with Gasteiger partial charge in [-0.1, -0.05) is 0 Å². The van der Waals surface area contributed by atoms with Crippen LogP contribution in [0.3, 0.4) is 0 Å². The quantitative estimate of drug-likeness (QED) is 0.592. The van der Waals surface area contributed by atoms with Gasteiger partial charge in [0.05, 0.1) is 19.6 Å². The Morgan fingerprint density at radius 2 is 2.19 bits per heavy atom. The van der Waals surface area contributed by atoms with Crippen molar-refractivity contribution in [2.75, 3.05) is 7.11 Å². The van der Waals surface area contributed by atoms with Gasteiger partial charge in [-0.2, -0.15) is 0 Å². The van der Waals surface area contributed by atoms with Crippen LogP contribution in [0, 0.1) is 0 Å². The lowest BCUT2D eigenvalue weighted by Gasteiger charge is -2.16. The summed E-state index contributed by atoms with van der Waals surface area (Å²) < 4.78 is 4.36. The highest BCUT2D eigenvalue weighted by Crippen LogP contribution is 2.17. The molecule has 1 rings (SSSR count). The number of esters is 1. The minimum Gasteiger partial charge on any atom is -0.469 e. The predicted molar refractivity (Wildman–Crippen MR) is 54.7 cm³/mol. The minimum absolute atomic E-state index is 0.307. The fourth-order valence-corrected chi connectivity index (χ4v) is 1.19. The second-order valence-corrected chi connectivity index (χ2v) is 3.28. The maximum Gasteiger partial charge on any atom is 0.308 e. The largest absolute Gasteiger partial charge is 0.469 e. The molecule has 1 heterocycles. The van der Waals surface area contributed by atoms with E-state index in [0.29, 0.717) is 5.56 Å². The lowest BCUT2D eigenvalue weighted by molar-refractivity contribution is -0.144. The topological polar surface area (TPSA) is 99.6 Å². The number of rotatable bonds is 4. The average Bonchev–Trinajstić information content (AvgIpc) is 2.28. The van der Waals surface area contributed by atoms with E-state index in [-0.39, 0.29) is 12.0 Å². The summed E-state index contributed by atoms with van der Waals surface area (Å²) in [6.45, 7) is 0. The molecule has 1 aromatic rings. The van der Waals surface area contributed by atoms with Gasteiger partial charge in [0.15, 0.2) is 0 Å². The number of nitrogens with one attached hydrogen (secondary N) is 1. The maximum atomic E-state index is 10.9. The molecule has 0 radical (unpaired) electrons. The summed E-state index contributed by atoms with van der Waals surface area (Å²) >= 11 is 0. The Labute approximate surface area is 91.5 Å². The van der Waals surface area contributed by atoms with E-state index in [1.54, 1.807) is 0 Å². The van der Waals surface area contributed by atoms with Crippen molar-refractivity contribution in [1.29, 1.82) is 0 Å². The number of aromatic nitrogens is 1. The summed E-state index contributed by atoms with van der Waals surface area (Å²) in [5, 5.41) is 19.1. The van der Waals surface area contributed by atoms with Gasteiger partial charge in [-0.05, 0) is 11.6 Å². The molecule has 0 aliphatic rings. The summed E-state index contributed by atoms with van der Waals surface area (Å²) in [7, 11) is 1.20. The fourth-order valence-electron chi connectivity index (χ4n) is 1.19. The van der Waals surface area contributed by atoms with E-state index < -0.39 is 18.2 Å². The van der Waals surface area contributed by atoms with Gasteiger partial charge in [0.1, 0.15) is 6.10 Å². The van der Waals surface area contributed by atoms with Crippen LogP contribution in [-0.4, -0.2) is 34.4 Å². The van der Waals surface area contributed by atoms with Gasteiger partial charge in [-0.15, -0.1) is 0 Å². The number of H-pyrrole nitrogens is 1. The van der Waals surface area contributed by atoms with Crippen LogP contribution in [0.4, 0.5) is 0 Å². The zero-order chi connectivity index (χ0) is 12.1. The van der Waals surface area contributed by atoms with Gasteiger partial charge >= 0.3 is 5.97 Å². The van der Waals surface area contributed by atoms with Gasteiger partial charge < -0.3 is 19.9 Å². The molecule has 0 spiro atoms. The Hall–Kier alpha value is -1.66. The summed E-state index contributed by atoms with van der Waals surface area (Å²) in [6, 6.07) is 2.60. The van der Waals surface area contributed by atoms with Crippen LogP contribution in [0.25, 0.3) is 0 Å². The molecule has 88 valence electrons. The van der Waals surface area contributed by atoms with Crippen molar-refractivity contribution in [3.63, 3.8) is 0 Å². The summed E-state index contributed by atoms with van der Waals surface area (Å²) in [5.74, 6) is -0.615. The minimum atomic E-state index is -1.27. The number of carbonyl (C=O) groups is 1. The molecule has 2 unspecified atom stereocenters. The smallest absolute Gasteiger partial charge is 0.308 e. The summed E-state index contributed by atoms with van der Waals surface area (Å²) in [4.78, 5) is 24.0. The lowest BCUT2D eigenvalue weighted by Crippen LogP contribution is -2.23. The third kappa shape index (κ3) is 3.18. The van der Waals surface area contributed by atoms with Gasteiger partial charge in [-0.3, -0.25) is 9.59 Å². The van der Waals surface area contributed by atoms with E-state index >= 15 is 0 Å². The van der Waals surface area contributed by atoms with E-state index in [1.807, 2.05) is 0 Å². The molecule has 1 aromatic heterocycles. The third-order valence-electron chi connectivity index (χ3n) is 2.12. The molecule has 0 aromatic carbocycles. The first-order valence-electron chi connectivity index (χ1n) is 4.66. The number of carbonyl (C=O) groups excluding carboxylic acids is 1. The van der Waals surface area contributed by atoms with Gasteiger partial charge in [0.25, 0.3) is 0 Å². The van der Waals surface area contributed by atoms with E-state index in [1.165, 1.54) is 25.4 Å². The van der Waals surface area contributed by atoms with Crippen molar-refractivity contribution in [2.45, 2.75) is 18.6 Å². The maximum absolute atomic E-state index is 10.9. The zero-order valence-corrected chi connectivity index (χ0v) is 8.71. The molecule has 0 aliphatic carbocycles. The Bertz CT molecular complexity index is 393. The van der Waals surface area contributed by atoms with E-state index in [0.717, 1.165) is 0 Å². The molecule has 0 aliphatic heterocycles. The first-order valence-corrected chi connectivity index (χ1v) is 4.66. The first kappa shape index (κ1) is 12.4. The van der Waals surface area contributed by atoms with Crippen molar-refractivity contribution in [2.24, 2.45) is 0 Å². The molecule has 16 heavy (non-hydrogen) atoms. The normalized spacial score (nSPS) is 14.2. The van der Waals surface area contributed by atoms with Crippen molar-refractivity contribution >= 4 is 5.97 Å². The second kappa shape index (κ2) is 5.43. The molecule has 0 bridgehead atoms. The molecule has 0 amide bonds. The zero-order valence-electron chi connectivity index (χ0n) is 8.71. The predicted octanol–water partition coefficient (Wildman–Crippen LogP) is -0.668. The first-order chi connectivity index (χ1) is 7.54. The van der Waals surface area contributed by atoms with Crippen LogP contribution in [0.15, 0.2) is 23.1 Å². The van der Waals surface area contributed by atoms with Gasteiger partial charge in [0, 0.05) is 12.3 Å². The standard InChI is InChI=1S/C10H13NO5/c1-16-9(14)4-7(12)10(15)6-2-3-8(13)11-5-6/h2-3,5,7,10,12,15H,4H2,1H3,(H,11,13). The van der Waals surface area contributed by atoms with Crippen molar-refractivity contribution in [3.05, 3.63) is 34.2 Å². The number of ether oxygens (including phenoxy) is 1. The van der Waals surface area contributed by atoms with Gasteiger partial charge in [0.2, 0.25) is 5.56 Å². The number of methoxy groups -OCH3 is 1. The SMILES string of the molecule is COC(=O)CC(O)C(O)c1ccc(=O)[nH]c1. The summed E-state index contributed by atoms with van der Waals surface area (Å²) in [5.41, 5.74) is 0.0226. The molecule has 6 nitrogen and oxygen atoms in total. The van der Waals surface area contributed by atoms with Crippen LogP contribution < -0.4 is 5.56 Å². The molecule has 6 heteroatoms. The van der Waals surface area contributed by atoms with Gasteiger partial charge in [-0.25, -0.2) is 0 Å². The molecular formula is C10H13NO5. The van der Waals surface area contributed by atoms with E-state index in [4.69, 9.17) is 0 Å². The number of hydrogen-bond donors (Lipinski definition) is 3. The summed E-state index contributed by atoms with van der Waals surface area (Å²) in [6.07, 6.45) is -1.53. The number of aliphatic hydroxyl groups is 2. The van der Waals surface area contributed by atoms with Crippen LogP contribution in [0.1, 0.15) is 18.1 Å². The van der Waals surface area contributed by atoms with Crippen molar-refractivity contribution < 1.29 is 19.7 Å². The third-order valence-corrected chi connectivity index (χ3v) is 2.12. The molecule has 2 atom stereocenters. The van der Waals surface area contributed by atoms with E-state index in [2.05, 4.69) is 9.72 Å². The number of aromatic amines is 1. The molecular weight excluding hydrogens is 214 g/mol. The monoisotopic (exact) mass is 227 g/mol. The highest BCUT2D eigenvalue weighted by molar-refractivity contribution is 5.69. The van der Waals surface area contributed by atoms with Crippen molar-refractivity contribution in [1.82, 2.24) is 4.98 Å². The van der Waals surface area contributed by atoms with Crippen LogP contribution in [0.2, 0.25) is 0 Å². The average molecular weight is 227 g/mol. The number of pyridine rings is 1. The highest BCUT2D eigenvalue weighted by Gasteiger charge is 2.21. The van der Waals surface area contributed by atoms with Crippen LogP contribution in [0.5, 0.6) is 0 Å². The molecule has 0 saturated carbocycles. The van der Waals surface area contributed by atoms with Crippen LogP contribution >= 0.6 is 0 Å². The Morgan fingerprint density at radius 1 is 1.50 bits per heavy atom. The second-order valence-electron chi connectivity index (χ2n) is 3.28. The van der Waals surface area contributed by atoms with E-state index in [9.17, 15) is 19.8 Å². The van der Waals surface area contributed by atoms with Crippen molar-refractivity contribution in [3.8, 4) is 0 Å². The molecule has 0 saturated heterocycles. The molecule has 3 N–H and O–H groups in total.